The van der Waals surface area contributed by atoms with Crippen LogP contribution in [0.1, 0.15) is 24.5 Å². The number of carbonyl (C=O) groups is 1. The third-order valence-corrected chi connectivity index (χ3v) is 4.76. The minimum absolute atomic E-state index is 0.00231. The van der Waals surface area contributed by atoms with Crippen LogP contribution in [0.25, 0.3) is 0 Å². The number of hydrogen-bond acceptors (Lipinski definition) is 4. The van der Waals surface area contributed by atoms with Crippen molar-refractivity contribution >= 4 is 28.2 Å². The lowest BCUT2D eigenvalue weighted by atomic mass is 10.1. The zero-order valence-electron chi connectivity index (χ0n) is 13.1. The summed E-state index contributed by atoms with van der Waals surface area (Å²) < 4.78 is 11.2. The molecule has 0 radical (unpaired) electrons. The maximum atomic E-state index is 11.8. The van der Waals surface area contributed by atoms with E-state index in [0.717, 1.165) is 5.56 Å². The van der Waals surface area contributed by atoms with Gasteiger partial charge in [0, 0.05) is 40.5 Å². The number of rotatable bonds is 6. The maximum absolute atomic E-state index is 11.8. The first-order valence-electron chi connectivity index (χ1n) is 6.85. The summed E-state index contributed by atoms with van der Waals surface area (Å²) in [6.45, 7) is 5.67. The molecular formula is C14H21N3O4S. The molecule has 0 aliphatic rings. The molecule has 22 heavy (non-hydrogen) atoms. The monoisotopic (exact) mass is 327 g/mol. The quantitative estimate of drug-likeness (QED) is 0.619. The van der Waals surface area contributed by atoms with Crippen molar-refractivity contribution in [3.63, 3.8) is 0 Å². The summed E-state index contributed by atoms with van der Waals surface area (Å²) in [4.78, 5) is 22.3. The van der Waals surface area contributed by atoms with Crippen LogP contribution in [0.3, 0.4) is 0 Å². The van der Waals surface area contributed by atoms with Crippen molar-refractivity contribution in [1.29, 1.82) is 0 Å². The molecule has 1 aromatic carbocycles. The Morgan fingerprint density at radius 1 is 1.36 bits per heavy atom. The average molecular weight is 327 g/mol. The van der Waals surface area contributed by atoms with Gasteiger partial charge in [-0.05, 0) is 31.9 Å². The van der Waals surface area contributed by atoms with Crippen molar-refractivity contribution in [1.82, 2.24) is 5.32 Å². The molecule has 0 heterocycles. The highest BCUT2D eigenvalue weighted by atomic mass is 32.2. The van der Waals surface area contributed by atoms with Crippen LogP contribution in [-0.2, 0) is 10.8 Å². The Morgan fingerprint density at radius 2 is 2.00 bits per heavy atom. The Hall–Kier alpha value is -1.96. The average Bonchev–Trinajstić information content (AvgIpc) is 2.41. The Bertz CT molecular complexity index is 604. The van der Waals surface area contributed by atoms with Crippen LogP contribution in [0.2, 0.25) is 0 Å². The van der Waals surface area contributed by atoms with E-state index < -0.39 is 21.8 Å². The number of nitrogens with one attached hydrogen (secondary N) is 2. The highest BCUT2D eigenvalue weighted by Gasteiger charge is 2.15. The molecule has 0 bridgehead atoms. The van der Waals surface area contributed by atoms with Crippen molar-refractivity contribution in [2.45, 2.75) is 32.4 Å². The molecule has 0 spiro atoms. The van der Waals surface area contributed by atoms with Crippen molar-refractivity contribution in [2.24, 2.45) is 0 Å². The van der Waals surface area contributed by atoms with E-state index in [2.05, 4.69) is 10.6 Å². The first-order valence-corrected chi connectivity index (χ1v) is 8.47. The van der Waals surface area contributed by atoms with Gasteiger partial charge in [-0.3, -0.25) is 14.3 Å². The van der Waals surface area contributed by atoms with Gasteiger partial charge in [0.15, 0.2) is 0 Å². The second-order valence-electron chi connectivity index (χ2n) is 5.19. The third-order valence-electron chi connectivity index (χ3n) is 3.39. The topological polar surface area (TPSA) is 101 Å². The van der Waals surface area contributed by atoms with Gasteiger partial charge in [-0.2, -0.15) is 0 Å². The van der Waals surface area contributed by atoms with Crippen LogP contribution in [0.15, 0.2) is 12.1 Å². The van der Waals surface area contributed by atoms with Gasteiger partial charge < -0.3 is 10.6 Å². The number of aryl methyl sites for hydroxylation is 2. The van der Waals surface area contributed by atoms with E-state index in [4.69, 9.17) is 0 Å². The maximum Gasteiger partial charge on any atom is 0.319 e. The Balaban J connectivity index is 2.66. The van der Waals surface area contributed by atoms with Crippen molar-refractivity contribution in [3.05, 3.63) is 33.4 Å². The predicted molar refractivity (Wildman–Crippen MR) is 87.7 cm³/mol. The van der Waals surface area contributed by atoms with Crippen LogP contribution in [0.4, 0.5) is 16.2 Å². The molecule has 0 unspecified atom stereocenters. The molecule has 0 saturated heterocycles. The smallest absolute Gasteiger partial charge is 0.319 e. The molecule has 2 atom stereocenters. The predicted octanol–water partition coefficient (Wildman–Crippen LogP) is 2.49. The number of nitro groups is 1. The summed E-state index contributed by atoms with van der Waals surface area (Å²) in [5.74, 6) is 0. The SMILES string of the molecule is Cc1cc(C)c([N+](=O)[O-])cc1NC(=O)NCC[C@@H](C)[S@](C)=O. The van der Waals surface area contributed by atoms with E-state index in [9.17, 15) is 19.1 Å². The van der Waals surface area contributed by atoms with Gasteiger partial charge in [-0.25, -0.2) is 4.79 Å². The lowest BCUT2D eigenvalue weighted by Crippen LogP contribution is -2.31. The number of anilines is 1. The zero-order valence-corrected chi connectivity index (χ0v) is 14.0. The molecule has 1 rings (SSSR count). The lowest BCUT2D eigenvalue weighted by Gasteiger charge is -2.12. The van der Waals surface area contributed by atoms with Crippen molar-refractivity contribution in [3.8, 4) is 0 Å². The van der Waals surface area contributed by atoms with Gasteiger partial charge in [0.25, 0.3) is 5.69 Å². The van der Waals surface area contributed by atoms with Crippen LogP contribution < -0.4 is 10.6 Å². The van der Waals surface area contributed by atoms with Gasteiger partial charge in [0.2, 0.25) is 0 Å². The summed E-state index contributed by atoms with van der Waals surface area (Å²) in [6.07, 6.45) is 2.23. The highest BCUT2D eigenvalue weighted by molar-refractivity contribution is 7.84. The minimum atomic E-state index is -0.924. The molecule has 2 N–H and O–H groups in total. The van der Waals surface area contributed by atoms with Gasteiger partial charge in [0.05, 0.1) is 10.6 Å². The van der Waals surface area contributed by atoms with Crippen LogP contribution >= 0.6 is 0 Å². The van der Waals surface area contributed by atoms with Crippen LogP contribution in [0.5, 0.6) is 0 Å². The molecule has 8 heteroatoms. The molecule has 0 saturated carbocycles. The first kappa shape index (κ1) is 18.1. The molecule has 2 amide bonds. The van der Waals surface area contributed by atoms with Crippen LogP contribution in [0, 0.1) is 24.0 Å². The molecule has 0 fully saturated rings. The van der Waals surface area contributed by atoms with E-state index in [0.29, 0.717) is 24.2 Å². The highest BCUT2D eigenvalue weighted by Crippen LogP contribution is 2.26. The Kier molecular flexibility index (Phi) is 6.48. The number of nitrogens with zero attached hydrogens (tertiary/aromatic N) is 1. The number of carbonyl (C=O) groups excluding carboxylic acids is 1. The number of urea groups is 1. The molecule has 7 nitrogen and oxygen atoms in total. The molecule has 0 aromatic heterocycles. The van der Waals surface area contributed by atoms with E-state index in [-0.39, 0.29) is 10.9 Å². The van der Waals surface area contributed by atoms with E-state index >= 15 is 0 Å². The Labute approximate surface area is 132 Å². The molecule has 0 aliphatic carbocycles. The van der Waals surface area contributed by atoms with Crippen molar-refractivity contribution < 1.29 is 13.9 Å². The summed E-state index contributed by atoms with van der Waals surface area (Å²) in [5, 5.41) is 16.2. The lowest BCUT2D eigenvalue weighted by molar-refractivity contribution is -0.385. The third kappa shape index (κ3) is 5.10. The zero-order chi connectivity index (χ0) is 16.9. The number of hydrogen-bond donors (Lipinski definition) is 2. The van der Waals surface area contributed by atoms with E-state index in [1.807, 2.05) is 6.92 Å². The largest absolute Gasteiger partial charge is 0.338 e. The van der Waals surface area contributed by atoms with Gasteiger partial charge in [-0.15, -0.1) is 0 Å². The summed E-state index contributed by atoms with van der Waals surface area (Å²) in [5.41, 5.74) is 1.67. The molecular weight excluding hydrogens is 306 g/mol. The van der Waals surface area contributed by atoms with Crippen molar-refractivity contribution in [2.75, 3.05) is 18.1 Å². The second-order valence-corrected chi connectivity index (χ2v) is 6.99. The first-order chi connectivity index (χ1) is 10.2. The number of nitro benzene ring substituents is 1. The standard InChI is InChI=1S/C14H21N3O4S/c1-9-7-10(2)13(17(19)20)8-12(9)16-14(18)15-6-5-11(3)22(4)21/h7-8,11H,5-6H2,1-4H3,(H2,15,16,18)/t11-,22+/m1/s1. The van der Waals surface area contributed by atoms with Gasteiger partial charge in [-0.1, -0.05) is 6.92 Å². The minimum Gasteiger partial charge on any atom is -0.338 e. The molecule has 0 aliphatic heterocycles. The second kappa shape index (κ2) is 7.88. The Morgan fingerprint density at radius 3 is 2.55 bits per heavy atom. The van der Waals surface area contributed by atoms with E-state index in [1.54, 1.807) is 26.2 Å². The number of amides is 2. The summed E-state index contributed by atoms with van der Waals surface area (Å²) in [7, 11) is -0.924. The van der Waals surface area contributed by atoms with Crippen LogP contribution in [-0.4, -0.2) is 33.2 Å². The molecule has 1 aromatic rings. The van der Waals surface area contributed by atoms with Gasteiger partial charge in [0.1, 0.15) is 0 Å². The molecule has 122 valence electrons. The van der Waals surface area contributed by atoms with Gasteiger partial charge >= 0.3 is 6.03 Å². The fraction of sp³-hybridized carbons (Fsp3) is 0.500. The summed E-state index contributed by atoms with van der Waals surface area (Å²) in [6, 6.07) is 2.58. The fourth-order valence-electron chi connectivity index (χ4n) is 1.89. The van der Waals surface area contributed by atoms with E-state index in [1.165, 1.54) is 6.07 Å². The fourth-order valence-corrected chi connectivity index (χ4v) is 2.34. The normalized spacial score (nSPS) is 13.3. The summed E-state index contributed by atoms with van der Waals surface area (Å²) >= 11 is 0. The number of benzene rings is 1.